The van der Waals surface area contributed by atoms with Gasteiger partial charge in [0.25, 0.3) is 11.6 Å². The third-order valence-corrected chi connectivity index (χ3v) is 6.28. The molecule has 0 atom stereocenters. The van der Waals surface area contributed by atoms with Crippen molar-refractivity contribution in [2.75, 3.05) is 13.1 Å². The first kappa shape index (κ1) is 18.8. The molecule has 0 N–H and O–H groups in total. The lowest BCUT2D eigenvalue weighted by Crippen LogP contribution is -2.33. The molecule has 1 amide bonds. The van der Waals surface area contributed by atoms with Crippen molar-refractivity contribution in [1.82, 2.24) is 9.88 Å². The van der Waals surface area contributed by atoms with Crippen LogP contribution in [0.5, 0.6) is 0 Å². The molecule has 0 radical (unpaired) electrons. The van der Waals surface area contributed by atoms with Gasteiger partial charge in [-0.15, -0.1) is 11.3 Å². The minimum Gasteiger partial charge on any atom is -0.338 e. The predicted octanol–water partition coefficient (Wildman–Crippen LogP) is 4.77. The van der Waals surface area contributed by atoms with Gasteiger partial charge in [-0.1, -0.05) is 18.7 Å². The van der Waals surface area contributed by atoms with Gasteiger partial charge in [0.15, 0.2) is 4.34 Å². The van der Waals surface area contributed by atoms with Gasteiger partial charge in [0.1, 0.15) is 0 Å². The molecule has 1 aromatic heterocycles. The first-order chi connectivity index (χ1) is 12.5. The van der Waals surface area contributed by atoms with Crippen molar-refractivity contribution in [3.63, 3.8) is 0 Å². The van der Waals surface area contributed by atoms with Gasteiger partial charge >= 0.3 is 0 Å². The molecule has 0 spiro atoms. The number of hydrogen-bond acceptors (Lipinski definition) is 6. The lowest BCUT2D eigenvalue weighted by Gasteiger charge is -2.22. The third-order valence-electron chi connectivity index (χ3n) is 4.15. The van der Waals surface area contributed by atoms with Crippen LogP contribution in [0.3, 0.4) is 0 Å². The molecule has 2 aromatic rings. The minimum atomic E-state index is -0.426. The van der Waals surface area contributed by atoms with Crippen LogP contribution in [0.25, 0.3) is 0 Å². The van der Waals surface area contributed by atoms with Gasteiger partial charge in [0.2, 0.25) is 0 Å². The minimum absolute atomic E-state index is 0.0448. The quantitative estimate of drug-likeness (QED) is 0.478. The van der Waals surface area contributed by atoms with Crippen LogP contribution in [-0.4, -0.2) is 33.8 Å². The molecular formula is C18H21N3O3S2. The summed E-state index contributed by atoms with van der Waals surface area (Å²) in [6, 6.07) is 4.75. The van der Waals surface area contributed by atoms with E-state index in [1.165, 1.54) is 29.2 Å². The zero-order valence-corrected chi connectivity index (χ0v) is 16.4. The highest BCUT2D eigenvalue weighted by molar-refractivity contribution is 8.01. The summed E-state index contributed by atoms with van der Waals surface area (Å²) in [5.74, 6) is 0.465. The Hall–Kier alpha value is -1.93. The van der Waals surface area contributed by atoms with Crippen molar-refractivity contribution >= 4 is 34.7 Å². The Balaban J connectivity index is 1.84. The monoisotopic (exact) mass is 391 g/mol. The van der Waals surface area contributed by atoms with Crippen LogP contribution in [0.15, 0.2) is 32.8 Å². The smallest absolute Gasteiger partial charge is 0.284 e. The third kappa shape index (κ3) is 4.62. The average molecular weight is 392 g/mol. The number of aromatic nitrogens is 1. The topological polar surface area (TPSA) is 76.3 Å². The van der Waals surface area contributed by atoms with Crippen LogP contribution in [0.4, 0.5) is 5.69 Å². The van der Waals surface area contributed by atoms with E-state index >= 15 is 0 Å². The van der Waals surface area contributed by atoms with Gasteiger partial charge in [-0.25, -0.2) is 4.98 Å². The summed E-state index contributed by atoms with van der Waals surface area (Å²) in [5.41, 5.74) is 1.23. The highest BCUT2D eigenvalue weighted by atomic mass is 32.2. The van der Waals surface area contributed by atoms with E-state index in [4.69, 9.17) is 0 Å². The molecule has 1 aromatic carbocycles. The molecule has 3 rings (SSSR count). The Morgan fingerprint density at radius 3 is 2.81 bits per heavy atom. The van der Waals surface area contributed by atoms with Crippen LogP contribution in [-0.2, 0) is 0 Å². The number of rotatable bonds is 8. The summed E-state index contributed by atoms with van der Waals surface area (Å²) in [4.78, 5) is 30.6. The number of benzene rings is 1. The summed E-state index contributed by atoms with van der Waals surface area (Å²) in [6.07, 6.45) is 3.20. The van der Waals surface area contributed by atoms with Crippen molar-refractivity contribution in [2.45, 2.75) is 42.3 Å². The first-order valence-electron chi connectivity index (χ1n) is 8.65. The maximum atomic E-state index is 12.8. The fraction of sp³-hybridized carbons (Fsp3) is 0.444. The van der Waals surface area contributed by atoms with E-state index in [2.05, 4.69) is 4.98 Å². The number of nitro benzene ring substituents is 1. The van der Waals surface area contributed by atoms with Crippen molar-refractivity contribution < 1.29 is 9.72 Å². The summed E-state index contributed by atoms with van der Waals surface area (Å²) in [7, 11) is 0. The Morgan fingerprint density at radius 2 is 2.23 bits per heavy atom. The van der Waals surface area contributed by atoms with Gasteiger partial charge in [0, 0.05) is 35.8 Å². The summed E-state index contributed by atoms with van der Waals surface area (Å²) >= 11 is 2.72. The largest absolute Gasteiger partial charge is 0.338 e. The molecule has 26 heavy (non-hydrogen) atoms. The molecule has 1 aliphatic rings. The summed E-state index contributed by atoms with van der Waals surface area (Å²) < 4.78 is 0.756. The van der Waals surface area contributed by atoms with Crippen LogP contribution in [0, 0.1) is 23.0 Å². The molecule has 0 saturated heterocycles. The number of amides is 1. The van der Waals surface area contributed by atoms with E-state index in [0.717, 1.165) is 35.8 Å². The van der Waals surface area contributed by atoms with E-state index < -0.39 is 4.92 Å². The standard InChI is InChI=1S/C18H21N3O3S2/c1-3-8-20(10-13-4-5-13)17(22)14-6-7-16(15(9-14)21(23)24)26-18-19-12(2)11-25-18/h6-7,9,11,13H,3-5,8,10H2,1-2H3. The summed E-state index contributed by atoms with van der Waals surface area (Å²) in [5, 5.41) is 13.4. The van der Waals surface area contributed by atoms with Crippen molar-refractivity contribution in [2.24, 2.45) is 5.92 Å². The first-order valence-corrected chi connectivity index (χ1v) is 10.3. The normalized spacial score (nSPS) is 13.6. The lowest BCUT2D eigenvalue weighted by atomic mass is 10.1. The van der Waals surface area contributed by atoms with Gasteiger partial charge in [-0.2, -0.15) is 0 Å². The highest BCUT2D eigenvalue weighted by Gasteiger charge is 2.28. The lowest BCUT2D eigenvalue weighted by molar-refractivity contribution is -0.387. The van der Waals surface area contributed by atoms with Crippen LogP contribution in [0.2, 0.25) is 0 Å². The number of carbonyl (C=O) groups is 1. The molecule has 0 aliphatic heterocycles. The van der Waals surface area contributed by atoms with Crippen molar-refractivity contribution in [3.05, 3.63) is 45.0 Å². The zero-order valence-electron chi connectivity index (χ0n) is 14.8. The fourth-order valence-electron chi connectivity index (χ4n) is 2.69. The van der Waals surface area contributed by atoms with Gasteiger partial charge in [-0.3, -0.25) is 14.9 Å². The second-order valence-electron chi connectivity index (χ2n) is 6.49. The maximum Gasteiger partial charge on any atom is 0.284 e. The zero-order chi connectivity index (χ0) is 18.7. The SMILES string of the molecule is CCCN(CC1CC1)C(=O)c1ccc(Sc2nc(C)cs2)c([N+](=O)[O-])c1. The van der Waals surface area contributed by atoms with Crippen LogP contribution < -0.4 is 0 Å². The number of nitrogens with zero attached hydrogens (tertiary/aromatic N) is 3. The fourth-order valence-corrected chi connectivity index (χ4v) is 4.57. The molecule has 138 valence electrons. The molecule has 0 bridgehead atoms. The molecule has 1 saturated carbocycles. The predicted molar refractivity (Wildman–Crippen MR) is 103 cm³/mol. The van der Waals surface area contributed by atoms with Gasteiger partial charge in [0.05, 0.1) is 9.82 Å². The molecule has 1 aliphatic carbocycles. The molecular weight excluding hydrogens is 370 g/mol. The van der Waals surface area contributed by atoms with E-state index in [-0.39, 0.29) is 11.6 Å². The molecule has 0 unspecified atom stereocenters. The van der Waals surface area contributed by atoms with E-state index in [9.17, 15) is 14.9 Å². The Labute approximate surface area is 160 Å². The van der Waals surface area contributed by atoms with Gasteiger partial charge in [-0.05, 0) is 44.2 Å². The maximum absolute atomic E-state index is 12.8. The number of aryl methyl sites for hydroxylation is 1. The average Bonchev–Trinajstić information content (AvgIpc) is 3.34. The second-order valence-corrected chi connectivity index (χ2v) is 8.64. The molecule has 8 heteroatoms. The molecule has 1 heterocycles. The number of nitro groups is 1. The number of thiazole rings is 1. The number of carbonyl (C=O) groups excluding carboxylic acids is 1. The van der Waals surface area contributed by atoms with Crippen LogP contribution in [0.1, 0.15) is 42.2 Å². The van der Waals surface area contributed by atoms with Crippen molar-refractivity contribution in [3.8, 4) is 0 Å². The van der Waals surface area contributed by atoms with Crippen molar-refractivity contribution in [1.29, 1.82) is 0 Å². The highest BCUT2D eigenvalue weighted by Crippen LogP contribution is 2.37. The van der Waals surface area contributed by atoms with E-state index in [1.807, 2.05) is 24.1 Å². The summed E-state index contributed by atoms with van der Waals surface area (Å²) in [6.45, 7) is 5.34. The second kappa shape index (κ2) is 8.18. The Morgan fingerprint density at radius 1 is 1.46 bits per heavy atom. The molecule has 1 fully saturated rings. The van der Waals surface area contributed by atoms with E-state index in [1.54, 1.807) is 12.1 Å². The Bertz CT molecular complexity index is 818. The Kier molecular flexibility index (Phi) is 5.93. The molecule has 6 nitrogen and oxygen atoms in total. The van der Waals surface area contributed by atoms with Gasteiger partial charge < -0.3 is 4.90 Å². The van der Waals surface area contributed by atoms with Crippen LogP contribution >= 0.6 is 23.1 Å². The van der Waals surface area contributed by atoms with E-state index in [0.29, 0.717) is 22.9 Å². The number of hydrogen-bond donors (Lipinski definition) is 0.